The van der Waals surface area contributed by atoms with Crippen LogP contribution < -0.4 is 5.32 Å². The van der Waals surface area contributed by atoms with Crippen molar-refractivity contribution < 1.29 is 9.72 Å². The summed E-state index contributed by atoms with van der Waals surface area (Å²) in [6.07, 6.45) is 6.55. The molecule has 0 unspecified atom stereocenters. The largest absolute Gasteiger partial charge is 0.326 e. The fraction of sp³-hybridized carbons (Fsp3) is 0.357. The molecule has 5 nitrogen and oxygen atoms in total. The topological polar surface area (TPSA) is 72.2 Å². The Hall–Kier alpha value is -2.17. The van der Waals surface area contributed by atoms with E-state index in [2.05, 4.69) is 11.4 Å². The molecule has 0 saturated heterocycles. The molecule has 1 aliphatic carbocycles. The Morgan fingerprint density at radius 2 is 2.21 bits per heavy atom. The summed E-state index contributed by atoms with van der Waals surface area (Å²) in [5, 5.41) is 13.6. The van der Waals surface area contributed by atoms with Crippen LogP contribution in [0.2, 0.25) is 0 Å². The van der Waals surface area contributed by atoms with Gasteiger partial charge in [0.05, 0.1) is 4.92 Å². The lowest BCUT2D eigenvalue weighted by Gasteiger charge is -2.17. The molecule has 0 heterocycles. The average molecular weight is 260 g/mol. The molecule has 2 rings (SSSR count). The molecule has 100 valence electrons. The van der Waals surface area contributed by atoms with E-state index in [0.717, 1.165) is 19.3 Å². The lowest BCUT2D eigenvalue weighted by Crippen LogP contribution is -2.23. The minimum Gasteiger partial charge on any atom is -0.326 e. The van der Waals surface area contributed by atoms with Gasteiger partial charge in [0, 0.05) is 23.2 Å². The first kappa shape index (κ1) is 13.3. The maximum absolute atomic E-state index is 12.0. The number of aryl methyl sites for hydroxylation is 1. The van der Waals surface area contributed by atoms with Gasteiger partial charge in [0.25, 0.3) is 5.69 Å². The van der Waals surface area contributed by atoms with Crippen LogP contribution in [0.15, 0.2) is 30.4 Å². The van der Waals surface area contributed by atoms with Gasteiger partial charge in [-0.2, -0.15) is 0 Å². The number of carbonyl (C=O) groups excluding carboxylic acids is 1. The van der Waals surface area contributed by atoms with Gasteiger partial charge in [-0.1, -0.05) is 18.2 Å². The average Bonchev–Trinajstić information content (AvgIpc) is 2.41. The van der Waals surface area contributed by atoms with Gasteiger partial charge in [-0.25, -0.2) is 0 Å². The van der Waals surface area contributed by atoms with E-state index >= 15 is 0 Å². The predicted octanol–water partition coefficient (Wildman–Crippen LogP) is 3.20. The molecule has 1 aromatic carbocycles. The molecule has 1 N–H and O–H groups in total. The van der Waals surface area contributed by atoms with Crippen molar-refractivity contribution in [1.29, 1.82) is 0 Å². The van der Waals surface area contributed by atoms with Crippen LogP contribution in [0, 0.1) is 23.0 Å². The second-order valence-electron chi connectivity index (χ2n) is 4.73. The van der Waals surface area contributed by atoms with E-state index in [4.69, 9.17) is 0 Å². The number of anilines is 1. The monoisotopic (exact) mass is 260 g/mol. The van der Waals surface area contributed by atoms with Gasteiger partial charge >= 0.3 is 0 Å². The van der Waals surface area contributed by atoms with Crippen LogP contribution in [-0.2, 0) is 4.79 Å². The van der Waals surface area contributed by atoms with E-state index in [1.807, 2.05) is 6.08 Å². The Morgan fingerprint density at radius 3 is 2.84 bits per heavy atom. The van der Waals surface area contributed by atoms with Crippen molar-refractivity contribution in [2.45, 2.75) is 26.2 Å². The number of carbonyl (C=O) groups is 1. The normalized spacial score (nSPS) is 18.1. The number of nitro groups is 1. The highest BCUT2D eigenvalue weighted by atomic mass is 16.6. The Balaban J connectivity index is 2.10. The quantitative estimate of drug-likeness (QED) is 0.515. The maximum Gasteiger partial charge on any atom is 0.274 e. The van der Waals surface area contributed by atoms with Crippen molar-refractivity contribution in [3.05, 3.63) is 46.0 Å². The molecule has 1 amide bonds. The molecule has 1 aliphatic rings. The third kappa shape index (κ3) is 3.19. The van der Waals surface area contributed by atoms with Gasteiger partial charge in [0.15, 0.2) is 0 Å². The summed E-state index contributed by atoms with van der Waals surface area (Å²) < 4.78 is 0. The SMILES string of the molecule is Cc1ccc(NC(=O)[C@H]2CC=CCC2)cc1[N+](=O)[O-]. The summed E-state index contributed by atoms with van der Waals surface area (Å²) in [7, 11) is 0. The zero-order valence-corrected chi connectivity index (χ0v) is 10.8. The second kappa shape index (κ2) is 5.65. The smallest absolute Gasteiger partial charge is 0.274 e. The number of rotatable bonds is 3. The number of nitrogens with zero attached hydrogens (tertiary/aromatic N) is 1. The third-order valence-corrected chi connectivity index (χ3v) is 3.31. The summed E-state index contributed by atoms with van der Waals surface area (Å²) in [6.45, 7) is 1.68. The lowest BCUT2D eigenvalue weighted by atomic mass is 9.93. The fourth-order valence-electron chi connectivity index (χ4n) is 2.16. The van der Waals surface area contributed by atoms with Gasteiger partial charge < -0.3 is 5.32 Å². The molecule has 0 aliphatic heterocycles. The minimum atomic E-state index is -0.436. The molecule has 0 saturated carbocycles. The van der Waals surface area contributed by atoms with E-state index in [1.165, 1.54) is 6.07 Å². The van der Waals surface area contributed by atoms with Crippen molar-refractivity contribution in [2.75, 3.05) is 5.32 Å². The Kier molecular flexibility index (Phi) is 3.94. The van der Waals surface area contributed by atoms with Gasteiger partial charge in [0.2, 0.25) is 5.91 Å². The van der Waals surface area contributed by atoms with E-state index in [9.17, 15) is 14.9 Å². The number of hydrogen-bond donors (Lipinski definition) is 1. The number of nitro benzene ring substituents is 1. The molecule has 0 fully saturated rings. The molecule has 0 aromatic heterocycles. The van der Waals surface area contributed by atoms with E-state index in [-0.39, 0.29) is 17.5 Å². The lowest BCUT2D eigenvalue weighted by molar-refractivity contribution is -0.385. The van der Waals surface area contributed by atoms with E-state index in [0.29, 0.717) is 11.3 Å². The molecule has 0 spiro atoms. The third-order valence-electron chi connectivity index (χ3n) is 3.31. The van der Waals surface area contributed by atoms with Crippen LogP contribution in [0.1, 0.15) is 24.8 Å². The molecule has 0 bridgehead atoms. The van der Waals surface area contributed by atoms with Crippen molar-refractivity contribution in [3.63, 3.8) is 0 Å². The Labute approximate surface area is 111 Å². The molecule has 19 heavy (non-hydrogen) atoms. The summed E-state index contributed by atoms with van der Waals surface area (Å²) in [5.74, 6) is -0.104. The van der Waals surface area contributed by atoms with Crippen molar-refractivity contribution in [2.24, 2.45) is 5.92 Å². The first-order chi connectivity index (χ1) is 9.08. The predicted molar refractivity (Wildman–Crippen MR) is 72.9 cm³/mol. The number of nitrogens with one attached hydrogen (secondary N) is 1. The zero-order valence-electron chi connectivity index (χ0n) is 10.8. The van der Waals surface area contributed by atoms with Crippen molar-refractivity contribution >= 4 is 17.3 Å². The summed E-state index contributed by atoms with van der Waals surface area (Å²) in [5.41, 5.74) is 1.10. The Morgan fingerprint density at radius 1 is 1.42 bits per heavy atom. The molecule has 1 atom stereocenters. The molecule has 5 heteroatoms. The summed E-state index contributed by atoms with van der Waals surface area (Å²) >= 11 is 0. The van der Waals surface area contributed by atoms with Crippen LogP contribution in [0.4, 0.5) is 11.4 Å². The van der Waals surface area contributed by atoms with Crippen LogP contribution in [0.3, 0.4) is 0 Å². The Bertz CT molecular complexity index is 537. The van der Waals surface area contributed by atoms with Gasteiger partial charge in [-0.05, 0) is 32.3 Å². The summed E-state index contributed by atoms with van der Waals surface area (Å²) in [4.78, 5) is 22.4. The number of allylic oxidation sites excluding steroid dienone is 2. The second-order valence-corrected chi connectivity index (χ2v) is 4.73. The molecule has 0 radical (unpaired) electrons. The van der Waals surface area contributed by atoms with Crippen LogP contribution >= 0.6 is 0 Å². The van der Waals surface area contributed by atoms with Gasteiger partial charge in [-0.3, -0.25) is 14.9 Å². The molecular weight excluding hydrogens is 244 g/mol. The van der Waals surface area contributed by atoms with Gasteiger partial charge in [-0.15, -0.1) is 0 Å². The van der Waals surface area contributed by atoms with Crippen LogP contribution in [0.5, 0.6) is 0 Å². The highest BCUT2D eigenvalue weighted by molar-refractivity contribution is 5.93. The zero-order chi connectivity index (χ0) is 13.8. The van der Waals surface area contributed by atoms with E-state index < -0.39 is 4.92 Å². The number of hydrogen-bond acceptors (Lipinski definition) is 3. The maximum atomic E-state index is 12.0. The van der Waals surface area contributed by atoms with Crippen molar-refractivity contribution in [1.82, 2.24) is 0 Å². The number of benzene rings is 1. The highest BCUT2D eigenvalue weighted by Gasteiger charge is 2.19. The van der Waals surface area contributed by atoms with Gasteiger partial charge in [0.1, 0.15) is 0 Å². The first-order valence-electron chi connectivity index (χ1n) is 6.29. The van der Waals surface area contributed by atoms with Crippen molar-refractivity contribution in [3.8, 4) is 0 Å². The number of amides is 1. The van der Waals surface area contributed by atoms with Crippen LogP contribution in [0.25, 0.3) is 0 Å². The summed E-state index contributed by atoms with van der Waals surface area (Å²) in [6, 6.07) is 4.75. The highest BCUT2D eigenvalue weighted by Crippen LogP contribution is 2.24. The van der Waals surface area contributed by atoms with Crippen LogP contribution in [-0.4, -0.2) is 10.8 Å². The standard InChI is InChI=1S/C14H16N2O3/c1-10-7-8-12(9-13(10)16(18)19)15-14(17)11-5-3-2-4-6-11/h2-3,7-9,11H,4-6H2,1H3,(H,15,17)/t11-/m0/s1. The first-order valence-corrected chi connectivity index (χ1v) is 6.29. The fourth-order valence-corrected chi connectivity index (χ4v) is 2.16. The molecular formula is C14H16N2O3. The minimum absolute atomic E-state index is 0.0290. The molecule has 1 aromatic rings. The van der Waals surface area contributed by atoms with E-state index in [1.54, 1.807) is 19.1 Å².